The van der Waals surface area contributed by atoms with E-state index in [0.717, 1.165) is 78.3 Å². The number of nitrogens with zero attached hydrogens (tertiary/aromatic N) is 5. The number of hydrogen-bond donors (Lipinski definition) is 2. The molecule has 45 heavy (non-hydrogen) atoms. The first-order chi connectivity index (χ1) is 21.4. The number of fused-ring (bicyclic) bond motifs is 1. The summed E-state index contributed by atoms with van der Waals surface area (Å²) in [5.41, 5.74) is 5.00. The second-order valence-electron chi connectivity index (χ2n) is 11.3. The number of carbonyl (C=O) groups excluding carboxylic acids is 1. The highest BCUT2D eigenvalue weighted by atomic mass is 127. The first-order valence-corrected chi connectivity index (χ1v) is 18.1. The van der Waals surface area contributed by atoms with E-state index in [1.807, 2.05) is 16.8 Å². The summed E-state index contributed by atoms with van der Waals surface area (Å²) < 4.78 is 68.3. The van der Waals surface area contributed by atoms with E-state index in [4.69, 9.17) is 5.10 Å². The van der Waals surface area contributed by atoms with Gasteiger partial charge in [0.15, 0.2) is 0 Å². The van der Waals surface area contributed by atoms with E-state index in [1.165, 1.54) is 28.3 Å². The smallest absolute Gasteiger partial charge is 0.367 e. The molecule has 0 saturated carbocycles. The van der Waals surface area contributed by atoms with Crippen molar-refractivity contribution in [3.8, 4) is 11.3 Å². The van der Waals surface area contributed by atoms with Gasteiger partial charge in [-0.15, -0.1) is 0 Å². The lowest BCUT2D eigenvalue weighted by molar-refractivity contribution is -0.137. The van der Waals surface area contributed by atoms with Gasteiger partial charge in [0, 0.05) is 87.1 Å². The summed E-state index contributed by atoms with van der Waals surface area (Å²) in [7, 11) is -1.85. The molecule has 15 heteroatoms. The molecular formula is C30H37F3IN7O3S. The van der Waals surface area contributed by atoms with Crippen molar-refractivity contribution < 1.29 is 26.4 Å². The molecule has 1 saturated heterocycles. The number of urea groups is 1. The monoisotopic (exact) mass is 759 g/mol. The van der Waals surface area contributed by atoms with Gasteiger partial charge < -0.3 is 15.5 Å². The number of benzene rings is 2. The van der Waals surface area contributed by atoms with Crippen LogP contribution in [0, 0.1) is 0 Å². The Kier molecular flexibility index (Phi) is 10.3. The van der Waals surface area contributed by atoms with E-state index in [1.54, 1.807) is 7.05 Å². The standard InChI is InChI=1S/C30H37F3IN7O3S/c1-35-29(42)36-25-6-3-5-22(19-34)28(25)39-17-15-38(16-18-39)12-4-13-41-26-11-14-40(45(2,43)44)20-24(26)27(37-41)21-7-9-23(10-8-21)30(31,32)33/h3,5-10H,4,11-20H2,1-2H3,(H2,35,36,42). The van der Waals surface area contributed by atoms with Crippen molar-refractivity contribution in [1.29, 1.82) is 0 Å². The fourth-order valence-electron chi connectivity index (χ4n) is 5.98. The number of alkyl halides is 4. The number of piperazine rings is 1. The van der Waals surface area contributed by atoms with Crippen molar-refractivity contribution in [3.63, 3.8) is 0 Å². The Balaban J connectivity index is 1.26. The second kappa shape index (κ2) is 13.8. The van der Waals surface area contributed by atoms with Gasteiger partial charge in [-0.25, -0.2) is 13.2 Å². The molecule has 2 amide bonds. The Morgan fingerprint density at radius 2 is 1.73 bits per heavy atom. The van der Waals surface area contributed by atoms with E-state index in [-0.39, 0.29) is 12.6 Å². The zero-order valence-electron chi connectivity index (χ0n) is 25.2. The van der Waals surface area contributed by atoms with Crippen LogP contribution in [0.4, 0.5) is 29.3 Å². The summed E-state index contributed by atoms with van der Waals surface area (Å²) in [6.45, 7) is 5.26. The predicted octanol–water partition coefficient (Wildman–Crippen LogP) is 4.79. The molecule has 1 fully saturated rings. The quantitative estimate of drug-likeness (QED) is 0.241. The average Bonchev–Trinajstić information content (AvgIpc) is 3.38. The van der Waals surface area contributed by atoms with Crippen LogP contribution in [-0.4, -0.2) is 86.0 Å². The maximum absolute atomic E-state index is 13.2. The molecule has 0 aliphatic carbocycles. The summed E-state index contributed by atoms with van der Waals surface area (Å²) in [6.07, 6.45) is -1.99. The number of sulfonamides is 1. The molecule has 2 aliphatic heterocycles. The number of carbonyl (C=O) groups is 1. The molecule has 2 aromatic carbocycles. The van der Waals surface area contributed by atoms with Crippen molar-refractivity contribution in [3.05, 3.63) is 64.8 Å². The number of aromatic nitrogens is 2. The summed E-state index contributed by atoms with van der Waals surface area (Å²) in [4.78, 5) is 16.8. The van der Waals surface area contributed by atoms with E-state index in [9.17, 15) is 26.4 Å². The third kappa shape index (κ3) is 7.74. The van der Waals surface area contributed by atoms with E-state index >= 15 is 0 Å². The number of amides is 2. The van der Waals surface area contributed by atoms with Gasteiger partial charge in [0.2, 0.25) is 10.0 Å². The summed E-state index contributed by atoms with van der Waals surface area (Å²) in [5.74, 6) is 0. The number of rotatable bonds is 9. The van der Waals surface area contributed by atoms with Gasteiger partial charge in [-0.3, -0.25) is 9.58 Å². The van der Waals surface area contributed by atoms with Crippen LogP contribution in [0.3, 0.4) is 0 Å². The van der Waals surface area contributed by atoms with Gasteiger partial charge in [-0.05, 0) is 30.2 Å². The molecule has 0 spiro atoms. The first-order valence-electron chi connectivity index (χ1n) is 14.7. The molecular weight excluding hydrogens is 722 g/mol. The lowest BCUT2D eigenvalue weighted by Gasteiger charge is -2.38. The van der Waals surface area contributed by atoms with Crippen molar-refractivity contribution in [2.75, 3.05) is 62.8 Å². The fourth-order valence-corrected chi connectivity index (χ4v) is 7.38. The van der Waals surface area contributed by atoms with Gasteiger partial charge >= 0.3 is 12.2 Å². The summed E-state index contributed by atoms with van der Waals surface area (Å²) in [6, 6.07) is 10.6. The molecule has 10 nitrogen and oxygen atoms in total. The second-order valence-corrected chi connectivity index (χ2v) is 14.0. The maximum Gasteiger partial charge on any atom is 0.416 e. The Bertz CT molecular complexity index is 1620. The van der Waals surface area contributed by atoms with Crippen LogP contribution in [0.1, 0.15) is 28.8 Å². The predicted molar refractivity (Wildman–Crippen MR) is 177 cm³/mol. The van der Waals surface area contributed by atoms with Gasteiger partial charge in [0.25, 0.3) is 0 Å². The number of aryl methyl sites for hydroxylation is 1. The molecule has 1 aromatic heterocycles. The summed E-state index contributed by atoms with van der Waals surface area (Å²) >= 11 is 2.34. The van der Waals surface area contributed by atoms with Crippen LogP contribution in [0.5, 0.6) is 0 Å². The third-order valence-corrected chi connectivity index (χ3v) is 10.4. The van der Waals surface area contributed by atoms with Gasteiger partial charge in [-0.2, -0.15) is 22.6 Å². The number of halogens is 4. The van der Waals surface area contributed by atoms with Crippen molar-refractivity contribution >= 4 is 50.0 Å². The average molecular weight is 760 g/mol. The molecule has 0 atom stereocenters. The van der Waals surface area contributed by atoms with Crippen molar-refractivity contribution in [1.82, 2.24) is 24.3 Å². The minimum absolute atomic E-state index is 0.141. The zero-order valence-corrected chi connectivity index (χ0v) is 28.2. The van der Waals surface area contributed by atoms with E-state index < -0.39 is 21.8 Å². The lowest BCUT2D eigenvalue weighted by Crippen LogP contribution is -2.47. The SMILES string of the molecule is CNC(=O)Nc1cccc(CI)c1N1CCN(CCCn2nc(-c3ccc(C(F)(F)F)cc3)c3c2CCN(S(C)(=O)=O)C3)CC1. The first kappa shape index (κ1) is 33.5. The molecule has 2 aliphatic rings. The minimum Gasteiger partial charge on any atom is -0.367 e. The molecule has 0 radical (unpaired) electrons. The van der Waals surface area contributed by atoms with Crippen LogP contribution in [0.15, 0.2) is 42.5 Å². The van der Waals surface area contributed by atoms with Crippen molar-refractivity contribution in [2.45, 2.75) is 36.5 Å². The van der Waals surface area contributed by atoms with Gasteiger partial charge in [0.1, 0.15) is 0 Å². The molecule has 0 bridgehead atoms. The molecule has 3 heterocycles. The third-order valence-electron chi connectivity index (χ3n) is 8.33. The number of nitrogens with one attached hydrogen (secondary N) is 2. The van der Waals surface area contributed by atoms with Crippen molar-refractivity contribution in [2.24, 2.45) is 0 Å². The van der Waals surface area contributed by atoms with Gasteiger partial charge in [-0.1, -0.05) is 46.9 Å². The van der Waals surface area contributed by atoms with Gasteiger partial charge in [0.05, 0.1) is 28.9 Å². The number of para-hydroxylation sites is 1. The lowest BCUT2D eigenvalue weighted by atomic mass is 10.0. The highest BCUT2D eigenvalue weighted by Gasteiger charge is 2.32. The largest absolute Gasteiger partial charge is 0.416 e. The van der Waals surface area contributed by atoms with E-state index in [0.29, 0.717) is 30.8 Å². The summed E-state index contributed by atoms with van der Waals surface area (Å²) in [5, 5.41) is 10.4. The highest BCUT2D eigenvalue weighted by molar-refractivity contribution is 14.1. The van der Waals surface area contributed by atoms with Crippen LogP contribution >= 0.6 is 22.6 Å². The molecule has 2 N–H and O–H groups in total. The Morgan fingerprint density at radius 3 is 2.36 bits per heavy atom. The molecule has 3 aromatic rings. The van der Waals surface area contributed by atoms with Crippen LogP contribution in [0.2, 0.25) is 0 Å². The zero-order chi connectivity index (χ0) is 32.4. The molecule has 0 unspecified atom stereocenters. The van der Waals surface area contributed by atoms with E-state index in [2.05, 4.69) is 49.1 Å². The molecule has 244 valence electrons. The fraction of sp³-hybridized carbons (Fsp3) is 0.467. The molecule has 5 rings (SSSR count). The maximum atomic E-state index is 13.2. The Morgan fingerprint density at radius 1 is 1.02 bits per heavy atom. The Labute approximate surface area is 275 Å². The van der Waals surface area contributed by atoms with Crippen LogP contribution < -0.4 is 15.5 Å². The number of hydrogen-bond acceptors (Lipinski definition) is 6. The number of anilines is 2. The highest BCUT2D eigenvalue weighted by Crippen LogP contribution is 2.35. The van der Waals surface area contributed by atoms with Crippen LogP contribution in [0.25, 0.3) is 11.3 Å². The normalized spacial score (nSPS) is 16.4. The minimum atomic E-state index is -4.44. The topological polar surface area (TPSA) is 103 Å². The Hall–Kier alpha value is -2.89. The van der Waals surface area contributed by atoms with Crippen LogP contribution in [-0.2, 0) is 40.1 Å².